The van der Waals surface area contributed by atoms with E-state index in [2.05, 4.69) is 4.90 Å². The molecular formula is C32H40ClN5O6. The van der Waals surface area contributed by atoms with Crippen molar-refractivity contribution >= 4 is 52.4 Å². The highest BCUT2D eigenvalue weighted by atomic mass is 35.5. The van der Waals surface area contributed by atoms with Crippen molar-refractivity contribution < 1.29 is 28.7 Å². The Morgan fingerprint density at radius 3 is 2.41 bits per heavy atom. The van der Waals surface area contributed by atoms with Gasteiger partial charge in [-0.05, 0) is 69.5 Å². The van der Waals surface area contributed by atoms with Gasteiger partial charge in [0.2, 0.25) is 5.91 Å². The van der Waals surface area contributed by atoms with Gasteiger partial charge < -0.3 is 29.9 Å². The fourth-order valence-corrected chi connectivity index (χ4v) is 6.11. The van der Waals surface area contributed by atoms with E-state index in [1.54, 1.807) is 43.9 Å². The van der Waals surface area contributed by atoms with Gasteiger partial charge in [0.25, 0.3) is 0 Å². The Morgan fingerprint density at radius 1 is 1.02 bits per heavy atom. The van der Waals surface area contributed by atoms with Crippen molar-refractivity contribution in [3.8, 4) is 0 Å². The van der Waals surface area contributed by atoms with Crippen molar-refractivity contribution in [3.63, 3.8) is 0 Å². The lowest BCUT2D eigenvalue weighted by Gasteiger charge is -2.40. The molecule has 0 bridgehead atoms. The lowest BCUT2D eigenvalue weighted by molar-refractivity contribution is -0.166. The van der Waals surface area contributed by atoms with Gasteiger partial charge in [0.15, 0.2) is 0 Å². The van der Waals surface area contributed by atoms with E-state index in [4.69, 9.17) is 26.8 Å². The Labute approximate surface area is 262 Å². The standard InChI is InChI=1S/C32H40ClN5O6/c1-32(2,3)44-31(42)27(38-15-14-37(29(40)30(38)41)26-18-22(33)8-11-25(26)34)17-21-6-9-23(10-7-21)36-13-12-35(19-28(36)39)24-5-4-16-43-20-24/h6-11,18,24,27H,4-5,12-17,19-20,34H2,1-3H3/t24?,27-/m0/s1. The zero-order chi connectivity index (χ0) is 31.6. The predicted molar refractivity (Wildman–Crippen MR) is 167 cm³/mol. The molecule has 44 heavy (non-hydrogen) atoms. The Morgan fingerprint density at radius 2 is 1.75 bits per heavy atom. The highest BCUT2D eigenvalue weighted by molar-refractivity contribution is 6.41. The molecule has 0 spiro atoms. The maximum absolute atomic E-state index is 13.4. The van der Waals surface area contributed by atoms with Crippen LogP contribution in [0.4, 0.5) is 17.1 Å². The first kappa shape index (κ1) is 31.7. The molecule has 0 aromatic heterocycles. The number of anilines is 3. The molecule has 3 aliphatic heterocycles. The zero-order valence-corrected chi connectivity index (χ0v) is 26.2. The number of nitrogen functional groups attached to an aromatic ring is 1. The molecular weight excluding hydrogens is 586 g/mol. The third-order valence-corrected chi connectivity index (χ3v) is 8.41. The van der Waals surface area contributed by atoms with Gasteiger partial charge in [0.05, 0.1) is 24.5 Å². The van der Waals surface area contributed by atoms with Gasteiger partial charge in [0.1, 0.15) is 11.6 Å². The van der Waals surface area contributed by atoms with Gasteiger partial charge in [-0.2, -0.15) is 0 Å². The van der Waals surface area contributed by atoms with E-state index >= 15 is 0 Å². The third kappa shape index (κ3) is 7.17. The predicted octanol–water partition coefficient (Wildman–Crippen LogP) is 2.88. The summed E-state index contributed by atoms with van der Waals surface area (Å²) >= 11 is 6.12. The number of nitrogens with zero attached hydrogens (tertiary/aromatic N) is 4. The van der Waals surface area contributed by atoms with Crippen LogP contribution in [0.2, 0.25) is 5.02 Å². The van der Waals surface area contributed by atoms with E-state index in [-0.39, 0.29) is 31.5 Å². The van der Waals surface area contributed by atoms with Crippen molar-refractivity contribution in [1.29, 1.82) is 0 Å². The minimum Gasteiger partial charge on any atom is -0.458 e. The average Bonchev–Trinajstić information content (AvgIpc) is 2.99. The molecule has 11 nitrogen and oxygen atoms in total. The first-order valence-corrected chi connectivity index (χ1v) is 15.4. The Kier molecular flexibility index (Phi) is 9.48. The normalized spacial score (nSPS) is 21.0. The number of halogens is 1. The number of carbonyl (C=O) groups excluding carboxylic acids is 4. The number of ether oxygens (including phenoxy) is 2. The smallest absolute Gasteiger partial charge is 0.329 e. The van der Waals surface area contributed by atoms with Crippen LogP contribution in [0, 0.1) is 0 Å². The number of carbonyl (C=O) groups is 4. The van der Waals surface area contributed by atoms with Crippen LogP contribution in [0.15, 0.2) is 42.5 Å². The van der Waals surface area contributed by atoms with Crippen LogP contribution in [0.5, 0.6) is 0 Å². The summed E-state index contributed by atoms with van der Waals surface area (Å²) in [6.45, 7) is 8.63. The Bertz CT molecular complexity index is 1400. The Hall–Kier alpha value is -3.67. The van der Waals surface area contributed by atoms with Crippen molar-refractivity contribution in [1.82, 2.24) is 9.80 Å². The molecule has 236 valence electrons. The maximum atomic E-state index is 13.4. The molecule has 3 fully saturated rings. The van der Waals surface area contributed by atoms with Crippen molar-refractivity contribution in [2.75, 3.05) is 61.5 Å². The number of amides is 3. The fourth-order valence-electron chi connectivity index (χ4n) is 5.94. The highest BCUT2D eigenvalue weighted by Crippen LogP contribution is 2.30. The second-order valence-corrected chi connectivity index (χ2v) is 12.9. The second kappa shape index (κ2) is 13.1. The summed E-state index contributed by atoms with van der Waals surface area (Å²) in [5.41, 5.74) is 7.47. The van der Waals surface area contributed by atoms with E-state index in [1.807, 2.05) is 24.3 Å². The monoisotopic (exact) mass is 625 g/mol. The van der Waals surface area contributed by atoms with Gasteiger partial charge in [-0.3, -0.25) is 19.3 Å². The van der Waals surface area contributed by atoms with Crippen LogP contribution in [0.25, 0.3) is 0 Å². The SMILES string of the molecule is CC(C)(C)OC(=O)[C@H](Cc1ccc(N2CCN(C3CCCOC3)CC2=O)cc1)N1CCN(c2cc(Cl)ccc2N)C(=O)C1=O. The quantitative estimate of drug-likeness (QED) is 0.283. The molecule has 3 amide bonds. The molecule has 2 atom stereocenters. The van der Waals surface area contributed by atoms with Crippen molar-refractivity contribution in [3.05, 3.63) is 53.1 Å². The molecule has 3 saturated heterocycles. The van der Waals surface area contributed by atoms with E-state index in [0.29, 0.717) is 36.1 Å². The van der Waals surface area contributed by atoms with Crippen LogP contribution < -0.4 is 15.5 Å². The molecule has 2 N–H and O–H groups in total. The summed E-state index contributed by atoms with van der Waals surface area (Å²) in [5.74, 6) is -2.19. The summed E-state index contributed by atoms with van der Waals surface area (Å²) < 4.78 is 11.3. The van der Waals surface area contributed by atoms with E-state index in [9.17, 15) is 19.2 Å². The highest BCUT2D eigenvalue weighted by Gasteiger charge is 2.42. The van der Waals surface area contributed by atoms with Crippen molar-refractivity contribution in [2.24, 2.45) is 0 Å². The Balaban J connectivity index is 1.30. The molecule has 2 aromatic rings. The second-order valence-electron chi connectivity index (χ2n) is 12.5. The molecule has 2 aromatic carbocycles. The number of rotatable bonds is 7. The number of benzene rings is 2. The first-order chi connectivity index (χ1) is 20.9. The first-order valence-electron chi connectivity index (χ1n) is 15.0. The zero-order valence-electron chi connectivity index (χ0n) is 25.5. The maximum Gasteiger partial charge on any atom is 0.329 e. The van der Waals surface area contributed by atoms with Gasteiger partial charge >= 0.3 is 17.8 Å². The fraction of sp³-hybridized carbons (Fsp3) is 0.500. The summed E-state index contributed by atoms with van der Waals surface area (Å²) in [4.78, 5) is 59.8. The molecule has 5 rings (SSSR count). The number of esters is 1. The molecule has 0 saturated carbocycles. The van der Waals surface area contributed by atoms with Gasteiger partial charge in [-0.1, -0.05) is 23.7 Å². The van der Waals surface area contributed by atoms with Crippen LogP contribution in [0.3, 0.4) is 0 Å². The number of hydrogen-bond acceptors (Lipinski definition) is 8. The minimum atomic E-state index is -1.03. The topological polar surface area (TPSA) is 126 Å². The van der Waals surface area contributed by atoms with Gasteiger partial charge in [-0.25, -0.2) is 4.79 Å². The van der Waals surface area contributed by atoms with E-state index < -0.39 is 29.4 Å². The third-order valence-electron chi connectivity index (χ3n) is 8.17. The van der Waals surface area contributed by atoms with Gasteiger partial charge in [-0.15, -0.1) is 0 Å². The molecule has 0 aliphatic carbocycles. The average molecular weight is 626 g/mol. The molecule has 3 aliphatic rings. The number of nitrogens with two attached hydrogens (primary N) is 1. The summed E-state index contributed by atoms with van der Waals surface area (Å²) in [6, 6.07) is 11.4. The summed E-state index contributed by atoms with van der Waals surface area (Å²) in [7, 11) is 0. The van der Waals surface area contributed by atoms with Crippen LogP contribution in [-0.4, -0.2) is 97.1 Å². The van der Waals surface area contributed by atoms with E-state index in [1.165, 1.54) is 9.80 Å². The lowest BCUT2D eigenvalue weighted by Crippen LogP contribution is -2.60. The van der Waals surface area contributed by atoms with Crippen molar-refractivity contribution in [2.45, 2.75) is 57.7 Å². The molecule has 12 heteroatoms. The molecule has 0 radical (unpaired) electrons. The van der Waals surface area contributed by atoms with Crippen LogP contribution in [0.1, 0.15) is 39.2 Å². The molecule has 3 heterocycles. The van der Waals surface area contributed by atoms with Crippen LogP contribution in [-0.2, 0) is 35.1 Å². The number of piperazine rings is 2. The summed E-state index contributed by atoms with van der Waals surface area (Å²) in [5, 5.41) is 0.384. The van der Waals surface area contributed by atoms with E-state index in [0.717, 1.165) is 37.2 Å². The van der Waals surface area contributed by atoms with Crippen LogP contribution >= 0.6 is 11.6 Å². The largest absolute Gasteiger partial charge is 0.458 e. The lowest BCUT2D eigenvalue weighted by atomic mass is 10.0. The molecule has 1 unspecified atom stereocenters. The van der Waals surface area contributed by atoms with Gasteiger partial charge in [0, 0.05) is 56.0 Å². The minimum absolute atomic E-state index is 0.0310. The number of hydrogen-bond donors (Lipinski definition) is 1. The summed E-state index contributed by atoms with van der Waals surface area (Å²) in [6.07, 6.45) is 2.19.